The van der Waals surface area contributed by atoms with Crippen LogP contribution < -0.4 is 10.2 Å². The van der Waals surface area contributed by atoms with Crippen LogP contribution in [0.2, 0.25) is 0 Å². The lowest BCUT2D eigenvalue weighted by molar-refractivity contribution is -0.393. The van der Waals surface area contributed by atoms with E-state index in [2.05, 4.69) is 21.2 Å². The third-order valence-electron chi connectivity index (χ3n) is 3.62. The first-order valence-corrected chi connectivity index (χ1v) is 8.18. The summed E-state index contributed by atoms with van der Waals surface area (Å²) < 4.78 is 0.881. The van der Waals surface area contributed by atoms with E-state index in [0.717, 1.165) is 22.2 Å². The Kier molecular flexibility index (Phi) is 5.88. The summed E-state index contributed by atoms with van der Waals surface area (Å²) in [6.45, 7) is 1.68. The fourth-order valence-corrected chi connectivity index (χ4v) is 2.83. The number of benzene rings is 2. The van der Waals surface area contributed by atoms with Gasteiger partial charge in [-0.2, -0.15) is 0 Å². The van der Waals surface area contributed by atoms with Crippen LogP contribution in [0.3, 0.4) is 0 Å². The van der Waals surface area contributed by atoms with Crippen LogP contribution in [0.25, 0.3) is 0 Å². The van der Waals surface area contributed by atoms with Crippen molar-refractivity contribution in [1.29, 1.82) is 0 Å². The monoisotopic (exact) mass is 422 g/mol. The highest BCUT2D eigenvalue weighted by Crippen LogP contribution is 2.31. The van der Waals surface area contributed by atoms with Gasteiger partial charge in [0.2, 0.25) is 5.91 Å². The number of likely N-dealkylation sites (N-methyl/N-ethyl adjacent to an activating group) is 1. The normalized spacial score (nSPS) is 10.3. The molecule has 2 aromatic carbocycles. The number of halogens is 1. The Labute approximate surface area is 157 Å². The van der Waals surface area contributed by atoms with Crippen molar-refractivity contribution < 1.29 is 14.6 Å². The van der Waals surface area contributed by atoms with Crippen LogP contribution in [0, 0.1) is 27.2 Å². The van der Waals surface area contributed by atoms with Crippen molar-refractivity contribution in [1.82, 2.24) is 0 Å². The number of hydrogen-bond acceptors (Lipinski definition) is 6. The molecular weight excluding hydrogens is 408 g/mol. The van der Waals surface area contributed by atoms with Gasteiger partial charge < -0.3 is 10.2 Å². The van der Waals surface area contributed by atoms with Gasteiger partial charge in [0.25, 0.3) is 11.4 Å². The standard InChI is InChI=1S/C16H15BrN4O5/c1-10-7-11(17)3-5-13(10)18-16(22)9-19(2)14-6-4-12(20(23)24)8-15(14)21(25)26/h3-8H,9H2,1-2H3,(H,18,22). The van der Waals surface area contributed by atoms with Crippen molar-refractivity contribution in [2.24, 2.45) is 0 Å². The average Bonchev–Trinajstić information content (AvgIpc) is 2.56. The maximum Gasteiger partial charge on any atom is 0.299 e. The van der Waals surface area contributed by atoms with Crippen LogP contribution in [0.5, 0.6) is 0 Å². The number of anilines is 2. The molecular formula is C16H15BrN4O5. The lowest BCUT2D eigenvalue weighted by Gasteiger charge is -2.19. The molecule has 0 unspecified atom stereocenters. The fourth-order valence-electron chi connectivity index (χ4n) is 2.35. The first kappa shape index (κ1) is 19.3. The molecule has 26 heavy (non-hydrogen) atoms. The molecule has 2 aromatic rings. The highest BCUT2D eigenvalue weighted by atomic mass is 79.9. The Morgan fingerprint density at radius 3 is 2.42 bits per heavy atom. The lowest BCUT2D eigenvalue weighted by atomic mass is 10.2. The van der Waals surface area contributed by atoms with Crippen molar-refractivity contribution in [3.63, 3.8) is 0 Å². The second-order valence-corrected chi connectivity index (χ2v) is 6.47. The Hall–Kier alpha value is -3.01. The maximum absolute atomic E-state index is 12.2. The number of hydrogen-bond donors (Lipinski definition) is 1. The van der Waals surface area contributed by atoms with Crippen molar-refractivity contribution in [2.75, 3.05) is 23.8 Å². The minimum absolute atomic E-state index is 0.114. The highest BCUT2D eigenvalue weighted by molar-refractivity contribution is 9.10. The first-order chi connectivity index (χ1) is 12.2. The predicted octanol–water partition coefficient (Wildman–Crippen LogP) is 3.65. The van der Waals surface area contributed by atoms with E-state index in [1.807, 2.05) is 13.0 Å². The molecule has 0 spiro atoms. The van der Waals surface area contributed by atoms with Crippen molar-refractivity contribution in [3.05, 3.63) is 66.7 Å². The lowest BCUT2D eigenvalue weighted by Crippen LogP contribution is -2.30. The number of nitro groups is 2. The number of aryl methyl sites for hydroxylation is 1. The van der Waals surface area contributed by atoms with Crippen LogP contribution in [0.15, 0.2) is 40.9 Å². The van der Waals surface area contributed by atoms with Gasteiger partial charge >= 0.3 is 0 Å². The number of rotatable bonds is 6. The average molecular weight is 423 g/mol. The van der Waals surface area contributed by atoms with Gasteiger partial charge in [-0.15, -0.1) is 0 Å². The molecule has 0 saturated carbocycles. The van der Waals surface area contributed by atoms with Gasteiger partial charge in [-0.1, -0.05) is 15.9 Å². The number of nitro benzene ring substituents is 2. The van der Waals surface area contributed by atoms with Crippen LogP contribution in [0.1, 0.15) is 5.56 Å². The molecule has 2 rings (SSSR count). The minimum atomic E-state index is -0.713. The van der Waals surface area contributed by atoms with E-state index in [0.29, 0.717) is 5.69 Å². The van der Waals surface area contributed by atoms with Gasteiger partial charge in [0.05, 0.1) is 22.5 Å². The molecule has 0 heterocycles. The summed E-state index contributed by atoms with van der Waals surface area (Å²) >= 11 is 3.34. The maximum atomic E-state index is 12.2. The van der Waals surface area contributed by atoms with Crippen molar-refractivity contribution in [2.45, 2.75) is 6.92 Å². The van der Waals surface area contributed by atoms with E-state index in [4.69, 9.17) is 0 Å². The number of carbonyl (C=O) groups excluding carboxylic acids is 1. The molecule has 0 aromatic heterocycles. The Bertz CT molecular complexity index is 887. The number of nitrogens with zero attached hydrogens (tertiary/aromatic N) is 3. The number of non-ortho nitro benzene ring substituents is 1. The summed E-state index contributed by atoms with van der Waals surface area (Å²) in [6.07, 6.45) is 0. The van der Waals surface area contributed by atoms with Crippen LogP contribution in [-0.4, -0.2) is 29.3 Å². The van der Waals surface area contributed by atoms with E-state index >= 15 is 0 Å². The van der Waals surface area contributed by atoms with E-state index in [-0.39, 0.29) is 23.8 Å². The molecule has 136 valence electrons. The topological polar surface area (TPSA) is 119 Å². The van der Waals surface area contributed by atoms with E-state index in [9.17, 15) is 25.0 Å². The molecule has 0 aliphatic rings. The van der Waals surface area contributed by atoms with E-state index in [1.165, 1.54) is 18.0 Å². The second-order valence-electron chi connectivity index (χ2n) is 5.55. The van der Waals surface area contributed by atoms with Crippen molar-refractivity contribution in [3.8, 4) is 0 Å². The number of amides is 1. The summed E-state index contributed by atoms with van der Waals surface area (Å²) in [6, 6.07) is 8.67. The number of nitrogens with one attached hydrogen (secondary N) is 1. The van der Waals surface area contributed by atoms with Crippen LogP contribution in [-0.2, 0) is 4.79 Å². The first-order valence-electron chi connectivity index (χ1n) is 7.39. The summed E-state index contributed by atoms with van der Waals surface area (Å²) in [4.78, 5) is 34.2. The summed E-state index contributed by atoms with van der Waals surface area (Å²) in [5.74, 6) is -0.370. The van der Waals surface area contributed by atoms with Gasteiger partial charge in [0.15, 0.2) is 0 Å². The number of carbonyl (C=O) groups is 1. The van der Waals surface area contributed by atoms with E-state index < -0.39 is 15.5 Å². The van der Waals surface area contributed by atoms with E-state index in [1.54, 1.807) is 12.1 Å². The SMILES string of the molecule is Cc1cc(Br)ccc1NC(=O)CN(C)c1ccc([N+](=O)[O-])cc1[N+](=O)[O-]. The molecule has 0 atom stereocenters. The van der Waals surface area contributed by atoms with Gasteiger partial charge in [-0.3, -0.25) is 25.0 Å². The molecule has 0 aliphatic heterocycles. The molecule has 0 fully saturated rings. The second kappa shape index (κ2) is 7.91. The smallest absolute Gasteiger partial charge is 0.299 e. The molecule has 0 aliphatic carbocycles. The van der Waals surface area contributed by atoms with Crippen molar-refractivity contribution >= 4 is 44.6 Å². The summed E-state index contributed by atoms with van der Waals surface area (Å²) in [5, 5.41) is 24.7. The Morgan fingerprint density at radius 2 is 1.85 bits per heavy atom. The third kappa shape index (κ3) is 4.54. The summed E-state index contributed by atoms with van der Waals surface area (Å²) in [5.41, 5.74) is 0.780. The van der Waals surface area contributed by atoms with Gasteiger partial charge in [0.1, 0.15) is 5.69 Å². The Balaban J connectivity index is 2.18. The third-order valence-corrected chi connectivity index (χ3v) is 4.11. The molecule has 1 N–H and O–H groups in total. The van der Waals surface area contributed by atoms with Crippen LogP contribution >= 0.6 is 15.9 Å². The zero-order chi connectivity index (χ0) is 19.4. The summed E-state index contributed by atoms with van der Waals surface area (Å²) in [7, 11) is 1.50. The van der Waals surface area contributed by atoms with Crippen LogP contribution in [0.4, 0.5) is 22.7 Å². The zero-order valence-corrected chi connectivity index (χ0v) is 15.5. The molecule has 0 saturated heterocycles. The highest BCUT2D eigenvalue weighted by Gasteiger charge is 2.23. The molecule has 9 nitrogen and oxygen atoms in total. The van der Waals surface area contributed by atoms with Gasteiger partial charge in [-0.25, -0.2) is 0 Å². The molecule has 10 heteroatoms. The molecule has 0 bridgehead atoms. The Morgan fingerprint density at radius 1 is 1.15 bits per heavy atom. The molecule has 1 amide bonds. The zero-order valence-electron chi connectivity index (χ0n) is 13.9. The quantitative estimate of drug-likeness (QED) is 0.560. The van der Waals surface area contributed by atoms with Gasteiger partial charge in [-0.05, 0) is 36.8 Å². The predicted molar refractivity (Wildman–Crippen MR) is 101 cm³/mol. The fraction of sp³-hybridized carbons (Fsp3) is 0.188. The minimum Gasteiger partial charge on any atom is -0.360 e. The molecule has 0 radical (unpaired) electrons. The largest absolute Gasteiger partial charge is 0.360 e. The van der Waals surface area contributed by atoms with Gasteiger partial charge in [0, 0.05) is 23.3 Å².